The van der Waals surface area contributed by atoms with Crippen molar-refractivity contribution in [3.05, 3.63) is 65.8 Å². The van der Waals surface area contributed by atoms with E-state index in [0.29, 0.717) is 0 Å². The van der Waals surface area contributed by atoms with Crippen LogP contribution < -0.4 is 5.32 Å². The molecule has 1 nitrogen and oxygen atoms in total. The molecular formula is C17H14ClNS. The molecule has 2 aromatic carbocycles. The van der Waals surface area contributed by atoms with Crippen LogP contribution in [0.5, 0.6) is 0 Å². The van der Waals surface area contributed by atoms with Crippen molar-refractivity contribution in [2.24, 2.45) is 0 Å². The molecule has 0 bridgehead atoms. The van der Waals surface area contributed by atoms with E-state index in [1.54, 1.807) is 11.3 Å². The maximum Gasteiger partial charge on any atom is 0.0590 e. The highest BCUT2D eigenvalue weighted by molar-refractivity contribution is 7.26. The summed E-state index contributed by atoms with van der Waals surface area (Å²) in [5, 5.41) is 6.63. The summed E-state index contributed by atoms with van der Waals surface area (Å²) in [5.74, 6) is 0. The smallest absolute Gasteiger partial charge is 0.0590 e. The molecule has 20 heavy (non-hydrogen) atoms. The van der Waals surface area contributed by atoms with Crippen LogP contribution in [-0.4, -0.2) is 0 Å². The third-order valence-corrected chi connectivity index (χ3v) is 4.56. The van der Waals surface area contributed by atoms with Crippen molar-refractivity contribution in [1.82, 2.24) is 0 Å². The van der Waals surface area contributed by atoms with E-state index in [2.05, 4.69) is 36.2 Å². The average molecular weight is 300 g/mol. The molecule has 3 rings (SSSR count). The minimum Gasteiger partial charge on any atom is -0.355 e. The number of nitrogens with one attached hydrogen (secondary N) is 1. The summed E-state index contributed by atoms with van der Waals surface area (Å²) in [7, 11) is 0. The van der Waals surface area contributed by atoms with E-state index >= 15 is 0 Å². The number of fused-ring (bicyclic) bond motifs is 3. The molecule has 0 aliphatic heterocycles. The number of hydrogen-bond acceptors (Lipinski definition) is 2. The van der Waals surface area contributed by atoms with Gasteiger partial charge in [-0.25, -0.2) is 0 Å². The van der Waals surface area contributed by atoms with Crippen LogP contribution in [-0.2, 0) is 0 Å². The predicted molar refractivity (Wildman–Crippen MR) is 91.9 cm³/mol. The van der Waals surface area contributed by atoms with Gasteiger partial charge in [0.1, 0.15) is 0 Å². The van der Waals surface area contributed by atoms with Crippen LogP contribution in [0.15, 0.2) is 60.8 Å². The molecule has 1 aromatic heterocycles. The number of allylic oxidation sites excluding steroid dienone is 2. The maximum atomic E-state index is 6.08. The number of hydrogen-bond donors (Lipinski definition) is 1. The minimum atomic E-state index is 0.775. The van der Waals surface area contributed by atoms with E-state index in [1.165, 1.54) is 20.2 Å². The summed E-state index contributed by atoms with van der Waals surface area (Å²) in [5.41, 5.74) is 1.97. The van der Waals surface area contributed by atoms with Crippen molar-refractivity contribution >= 4 is 48.8 Å². The first-order valence-electron chi connectivity index (χ1n) is 6.38. The molecule has 0 spiro atoms. The number of halogens is 1. The van der Waals surface area contributed by atoms with Gasteiger partial charge in [-0.3, -0.25) is 0 Å². The molecule has 0 saturated heterocycles. The van der Waals surface area contributed by atoms with Crippen LogP contribution in [0, 0.1) is 0 Å². The van der Waals surface area contributed by atoms with Gasteiger partial charge < -0.3 is 5.32 Å². The summed E-state index contributed by atoms with van der Waals surface area (Å²) in [6.45, 7) is 5.98. The van der Waals surface area contributed by atoms with Gasteiger partial charge >= 0.3 is 0 Å². The monoisotopic (exact) mass is 299 g/mol. The molecule has 3 aromatic rings. The second-order valence-corrected chi connectivity index (χ2v) is 6.06. The summed E-state index contributed by atoms with van der Waals surface area (Å²) >= 11 is 7.83. The van der Waals surface area contributed by atoms with Gasteiger partial charge in [0.2, 0.25) is 0 Å². The molecule has 1 N–H and O–H groups in total. The van der Waals surface area contributed by atoms with Crippen LogP contribution in [0.25, 0.3) is 20.2 Å². The van der Waals surface area contributed by atoms with Crippen LogP contribution in [0.1, 0.15) is 6.92 Å². The van der Waals surface area contributed by atoms with Crippen LogP contribution >= 0.6 is 22.9 Å². The first kappa shape index (κ1) is 13.2. The lowest BCUT2D eigenvalue weighted by molar-refractivity contribution is 1.51. The van der Waals surface area contributed by atoms with Crippen LogP contribution in [0.2, 0.25) is 5.02 Å². The Balaban J connectivity index is 2.19. The highest BCUT2D eigenvalue weighted by Gasteiger charge is 2.09. The van der Waals surface area contributed by atoms with Crippen molar-refractivity contribution in [3.63, 3.8) is 0 Å². The van der Waals surface area contributed by atoms with Crippen molar-refractivity contribution in [3.8, 4) is 0 Å². The zero-order valence-corrected chi connectivity index (χ0v) is 12.7. The second kappa shape index (κ2) is 5.31. The lowest BCUT2D eigenvalue weighted by atomic mass is 10.1. The van der Waals surface area contributed by atoms with E-state index in [9.17, 15) is 0 Å². The largest absolute Gasteiger partial charge is 0.355 e. The number of thiophene rings is 1. The Morgan fingerprint density at radius 1 is 1.25 bits per heavy atom. The summed E-state index contributed by atoms with van der Waals surface area (Å²) < 4.78 is 2.44. The Labute approximate surface area is 127 Å². The minimum absolute atomic E-state index is 0.775. The predicted octanol–water partition coefficient (Wildman–Crippen LogP) is 6.21. The highest BCUT2D eigenvalue weighted by atomic mass is 35.5. The van der Waals surface area contributed by atoms with Gasteiger partial charge in [0.15, 0.2) is 0 Å². The molecule has 0 atom stereocenters. The third-order valence-electron chi connectivity index (χ3n) is 3.12. The van der Waals surface area contributed by atoms with E-state index < -0.39 is 0 Å². The van der Waals surface area contributed by atoms with E-state index in [4.69, 9.17) is 11.6 Å². The van der Waals surface area contributed by atoms with Gasteiger partial charge in [-0.1, -0.05) is 42.5 Å². The molecule has 0 fully saturated rings. The molecule has 0 unspecified atom stereocenters. The molecule has 100 valence electrons. The summed E-state index contributed by atoms with van der Waals surface area (Å²) in [4.78, 5) is 0. The lowest BCUT2D eigenvalue weighted by Gasteiger charge is -2.06. The molecule has 0 aliphatic carbocycles. The van der Waals surface area contributed by atoms with Crippen molar-refractivity contribution < 1.29 is 0 Å². The van der Waals surface area contributed by atoms with Gasteiger partial charge in [0.05, 0.1) is 10.4 Å². The van der Waals surface area contributed by atoms with Gasteiger partial charge in [-0.2, -0.15) is 0 Å². The highest BCUT2D eigenvalue weighted by Crippen LogP contribution is 2.39. The van der Waals surface area contributed by atoms with E-state index in [1.807, 2.05) is 31.2 Å². The molecule has 0 amide bonds. The fraction of sp³-hybridized carbons (Fsp3) is 0.0588. The second-order valence-electron chi connectivity index (χ2n) is 4.58. The van der Waals surface area contributed by atoms with Gasteiger partial charge in [0, 0.05) is 26.2 Å². The van der Waals surface area contributed by atoms with Gasteiger partial charge in [0.25, 0.3) is 0 Å². The number of rotatable bonds is 3. The fourth-order valence-electron chi connectivity index (χ4n) is 2.29. The number of benzene rings is 2. The Kier molecular flexibility index (Phi) is 3.51. The molecule has 0 radical (unpaired) electrons. The van der Waals surface area contributed by atoms with Crippen molar-refractivity contribution in [2.45, 2.75) is 6.92 Å². The van der Waals surface area contributed by atoms with E-state index in [-0.39, 0.29) is 0 Å². The van der Waals surface area contributed by atoms with Crippen LogP contribution in [0.4, 0.5) is 5.69 Å². The molecule has 0 saturated carbocycles. The van der Waals surface area contributed by atoms with Gasteiger partial charge in [-0.15, -0.1) is 11.3 Å². The zero-order valence-electron chi connectivity index (χ0n) is 11.1. The van der Waals surface area contributed by atoms with Crippen molar-refractivity contribution in [2.75, 3.05) is 5.32 Å². The quantitative estimate of drug-likeness (QED) is 0.567. The summed E-state index contributed by atoms with van der Waals surface area (Å²) in [6.07, 6.45) is 3.93. The molecule has 1 heterocycles. The van der Waals surface area contributed by atoms with E-state index in [0.717, 1.165) is 16.4 Å². The number of anilines is 1. The molecule has 0 aliphatic rings. The Morgan fingerprint density at radius 3 is 2.90 bits per heavy atom. The topological polar surface area (TPSA) is 12.0 Å². The Hall–Kier alpha value is -1.77. The molecule has 3 heteroatoms. The van der Waals surface area contributed by atoms with Crippen LogP contribution in [0.3, 0.4) is 0 Å². The summed E-state index contributed by atoms with van der Waals surface area (Å²) in [6, 6.07) is 12.3. The fourth-order valence-corrected chi connectivity index (χ4v) is 3.73. The maximum absolute atomic E-state index is 6.08. The molecular weight excluding hydrogens is 286 g/mol. The Bertz CT molecular complexity index is 829. The normalized spacial score (nSPS) is 11.5. The average Bonchev–Trinajstić information content (AvgIpc) is 2.77. The lowest BCUT2D eigenvalue weighted by Crippen LogP contribution is -1.94. The SMILES string of the molecule is C=C(/C=C\C)Nc1cccc2c1sc1cc(Cl)ccc12. The Morgan fingerprint density at radius 2 is 2.10 bits per heavy atom. The first-order valence-corrected chi connectivity index (χ1v) is 7.58. The third kappa shape index (κ3) is 2.33. The van der Waals surface area contributed by atoms with Crippen molar-refractivity contribution in [1.29, 1.82) is 0 Å². The van der Waals surface area contributed by atoms with Gasteiger partial charge in [-0.05, 0) is 31.2 Å². The standard InChI is InChI=1S/C17H14ClNS/c1-3-5-11(2)19-15-7-4-6-14-13-9-8-12(18)10-16(13)20-17(14)15/h3-10,19H,2H2,1H3/b5-3-. The first-order chi connectivity index (χ1) is 9.69. The zero-order chi connectivity index (χ0) is 14.1.